The summed E-state index contributed by atoms with van der Waals surface area (Å²) in [4.78, 5) is 14.2. The van der Waals surface area contributed by atoms with Gasteiger partial charge in [0.05, 0.1) is 6.42 Å². The Hall–Kier alpha value is -1.80. The van der Waals surface area contributed by atoms with E-state index in [4.69, 9.17) is 0 Å². The summed E-state index contributed by atoms with van der Waals surface area (Å²) in [5.41, 5.74) is 0.483. The van der Waals surface area contributed by atoms with Gasteiger partial charge in [-0.25, -0.2) is 0 Å². The van der Waals surface area contributed by atoms with Crippen molar-refractivity contribution in [1.29, 1.82) is 0 Å². The van der Waals surface area contributed by atoms with E-state index in [-0.39, 0.29) is 18.1 Å². The van der Waals surface area contributed by atoms with E-state index in [0.29, 0.717) is 12.1 Å². The SMILES string of the molecule is O=C(Cc1cccc(OC(F)(F)F)c1)NCCCN1CCNCC1. The first-order valence-corrected chi connectivity index (χ1v) is 7.97. The van der Waals surface area contributed by atoms with Crippen molar-refractivity contribution in [2.75, 3.05) is 39.3 Å². The van der Waals surface area contributed by atoms with Crippen molar-refractivity contribution >= 4 is 5.91 Å². The maximum atomic E-state index is 12.2. The van der Waals surface area contributed by atoms with E-state index in [2.05, 4.69) is 20.3 Å². The Bertz CT molecular complexity index is 532. The minimum Gasteiger partial charge on any atom is -0.406 e. The van der Waals surface area contributed by atoms with E-state index in [9.17, 15) is 18.0 Å². The molecule has 0 spiro atoms. The van der Waals surface area contributed by atoms with Crippen LogP contribution in [0.4, 0.5) is 13.2 Å². The summed E-state index contributed by atoms with van der Waals surface area (Å²) < 4.78 is 40.4. The molecule has 134 valence electrons. The van der Waals surface area contributed by atoms with E-state index in [1.165, 1.54) is 18.2 Å². The van der Waals surface area contributed by atoms with E-state index >= 15 is 0 Å². The monoisotopic (exact) mass is 345 g/mol. The molecule has 0 aliphatic carbocycles. The number of ether oxygens (including phenoxy) is 1. The highest BCUT2D eigenvalue weighted by Gasteiger charge is 2.31. The van der Waals surface area contributed by atoms with Gasteiger partial charge in [0, 0.05) is 32.7 Å². The summed E-state index contributed by atoms with van der Waals surface area (Å²) in [7, 11) is 0. The van der Waals surface area contributed by atoms with Crippen molar-refractivity contribution in [1.82, 2.24) is 15.5 Å². The van der Waals surface area contributed by atoms with Gasteiger partial charge in [0.1, 0.15) is 5.75 Å². The molecule has 2 N–H and O–H groups in total. The summed E-state index contributed by atoms with van der Waals surface area (Å²) in [6.45, 7) is 5.49. The molecule has 2 rings (SSSR count). The lowest BCUT2D eigenvalue weighted by molar-refractivity contribution is -0.274. The van der Waals surface area contributed by atoms with Crippen LogP contribution >= 0.6 is 0 Å². The normalized spacial score (nSPS) is 16.0. The molecule has 5 nitrogen and oxygen atoms in total. The molecule has 1 fully saturated rings. The van der Waals surface area contributed by atoms with Crippen LogP contribution in [0.15, 0.2) is 24.3 Å². The first-order chi connectivity index (χ1) is 11.4. The van der Waals surface area contributed by atoms with Gasteiger partial charge in [-0.1, -0.05) is 12.1 Å². The molecule has 24 heavy (non-hydrogen) atoms. The number of hydrogen-bond acceptors (Lipinski definition) is 4. The zero-order valence-corrected chi connectivity index (χ0v) is 13.4. The van der Waals surface area contributed by atoms with Crippen LogP contribution in [0.1, 0.15) is 12.0 Å². The molecule has 1 aromatic rings. The topological polar surface area (TPSA) is 53.6 Å². The fourth-order valence-corrected chi connectivity index (χ4v) is 2.57. The third kappa shape index (κ3) is 7.18. The lowest BCUT2D eigenvalue weighted by atomic mass is 10.1. The van der Waals surface area contributed by atoms with Crippen molar-refractivity contribution in [3.05, 3.63) is 29.8 Å². The van der Waals surface area contributed by atoms with Gasteiger partial charge in [-0.2, -0.15) is 0 Å². The van der Waals surface area contributed by atoms with Gasteiger partial charge in [0.2, 0.25) is 5.91 Å². The average Bonchev–Trinajstić information content (AvgIpc) is 2.51. The molecular weight excluding hydrogens is 323 g/mol. The van der Waals surface area contributed by atoms with Crippen LogP contribution in [0.3, 0.4) is 0 Å². The highest BCUT2D eigenvalue weighted by molar-refractivity contribution is 5.78. The fourth-order valence-electron chi connectivity index (χ4n) is 2.57. The Morgan fingerprint density at radius 2 is 2.04 bits per heavy atom. The molecule has 8 heteroatoms. The van der Waals surface area contributed by atoms with E-state index in [1.54, 1.807) is 6.07 Å². The van der Waals surface area contributed by atoms with Gasteiger partial charge >= 0.3 is 6.36 Å². The summed E-state index contributed by atoms with van der Waals surface area (Å²) >= 11 is 0. The molecule has 0 bridgehead atoms. The molecule has 0 atom stereocenters. The largest absolute Gasteiger partial charge is 0.573 e. The number of nitrogens with one attached hydrogen (secondary N) is 2. The molecule has 1 aliphatic rings. The average molecular weight is 345 g/mol. The Morgan fingerprint density at radius 1 is 1.29 bits per heavy atom. The fraction of sp³-hybridized carbons (Fsp3) is 0.562. The molecule has 0 radical (unpaired) electrons. The maximum Gasteiger partial charge on any atom is 0.573 e. The molecule has 0 unspecified atom stereocenters. The molecule has 1 aliphatic heterocycles. The first-order valence-electron chi connectivity index (χ1n) is 7.97. The second-order valence-electron chi connectivity index (χ2n) is 5.67. The number of amides is 1. The minimum atomic E-state index is -4.73. The standard InChI is InChI=1S/C16H22F3N3O2/c17-16(18,19)24-14-4-1-3-13(11-14)12-15(23)21-5-2-8-22-9-6-20-7-10-22/h1,3-4,11,20H,2,5-10,12H2,(H,21,23). The van der Waals surface area contributed by atoms with Crippen LogP contribution in [0.25, 0.3) is 0 Å². The van der Waals surface area contributed by atoms with Gasteiger partial charge in [0.15, 0.2) is 0 Å². The van der Waals surface area contributed by atoms with Gasteiger partial charge in [-0.15, -0.1) is 13.2 Å². The summed E-state index contributed by atoms with van der Waals surface area (Å²) in [5, 5.41) is 6.07. The van der Waals surface area contributed by atoms with Crippen LogP contribution in [0, 0.1) is 0 Å². The zero-order chi connectivity index (χ0) is 17.4. The predicted octanol–water partition coefficient (Wildman–Crippen LogP) is 1.54. The number of carbonyl (C=O) groups is 1. The van der Waals surface area contributed by atoms with Crippen molar-refractivity contribution in [3.63, 3.8) is 0 Å². The van der Waals surface area contributed by atoms with Crippen molar-refractivity contribution in [2.45, 2.75) is 19.2 Å². The summed E-state index contributed by atoms with van der Waals surface area (Å²) in [5.74, 6) is -0.522. The molecule has 1 aromatic carbocycles. The molecule has 1 amide bonds. The second kappa shape index (κ2) is 8.89. The molecule has 0 aromatic heterocycles. The minimum absolute atomic E-state index is 0.0304. The van der Waals surface area contributed by atoms with Crippen LogP contribution in [-0.2, 0) is 11.2 Å². The zero-order valence-electron chi connectivity index (χ0n) is 13.4. The van der Waals surface area contributed by atoms with Gasteiger partial charge < -0.3 is 20.3 Å². The Labute approximate surface area is 139 Å². The molecular formula is C16H22F3N3O2. The first kappa shape index (κ1) is 18.5. The lowest BCUT2D eigenvalue weighted by Crippen LogP contribution is -2.44. The van der Waals surface area contributed by atoms with Crippen molar-refractivity contribution < 1.29 is 22.7 Å². The Kier molecular flexibility index (Phi) is 6.86. The summed E-state index contributed by atoms with van der Waals surface area (Å²) in [6.07, 6.45) is -3.85. The third-order valence-corrected chi connectivity index (χ3v) is 3.68. The third-order valence-electron chi connectivity index (χ3n) is 3.68. The quantitative estimate of drug-likeness (QED) is 0.736. The van der Waals surface area contributed by atoms with Gasteiger partial charge in [0.25, 0.3) is 0 Å². The molecule has 0 saturated carbocycles. The molecule has 1 heterocycles. The number of hydrogen-bond donors (Lipinski definition) is 2. The van der Waals surface area contributed by atoms with Crippen LogP contribution in [-0.4, -0.2) is 56.4 Å². The van der Waals surface area contributed by atoms with Crippen LogP contribution in [0.5, 0.6) is 5.75 Å². The highest BCUT2D eigenvalue weighted by atomic mass is 19.4. The number of carbonyl (C=O) groups excluding carboxylic acids is 1. The van der Waals surface area contributed by atoms with Crippen molar-refractivity contribution in [3.8, 4) is 5.75 Å². The van der Waals surface area contributed by atoms with Crippen LogP contribution in [0.2, 0.25) is 0 Å². The lowest BCUT2D eigenvalue weighted by Gasteiger charge is -2.27. The number of benzene rings is 1. The Balaban J connectivity index is 1.69. The highest BCUT2D eigenvalue weighted by Crippen LogP contribution is 2.23. The van der Waals surface area contributed by atoms with E-state index in [0.717, 1.165) is 39.1 Å². The smallest absolute Gasteiger partial charge is 0.406 e. The number of alkyl halides is 3. The van der Waals surface area contributed by atoms with Crippen LogP contribution < -0.4 is 15.4 Å². The summed E-state index contributed by atoms with van der Waals surface area (Å²) in [6, 6.07) is 5.48. The second-order valence-corrected chi connectivity index (χ2v) is 5.67. The number of rotatable bonds is 7. The number of piperazine rings is 1. The molecule has 1 saturated heterocycles. The van der Waals surface area contributed by atoms with E-state index < -0.39 is 6.36 Å². The maximum absolute atomic E-state index is 12.2. The number of nitrogens with zero attached hydrogens (tertiary/aromatic N) is 1. The number of halogens is 3. The van der Waals surface area contributed by atoms with Gasteiger partial charge in [-0.05, 0) is 30.7 Å². The Morgan fingerprint density at radius 3 is 2.75 bits per heavy atom. The van der Waals surface area contributed by atoms with Crippen molar-refractivity contribution in [2.24, 2.45) is 0 Å². The van der Waals surface area contributed by atoms with Gasteiger partial charge in [-0.3, -0.25) is 4.79 Å². The van der Waals surface area contributed by atoms with E-state index in [1.807, 2.05) is 0 Å². The predicted molar refractivity (Wildman–Crippen MR) is 83.8 cm³/mol.